The molecule has 0 aromatic heterocycles. The minimum atomic E-state index is -0.801. The van der Waals surface area contributed by atoms with Crippen molar-refractivity contribution in [3.8, 4) is 0 Å². The van der Waals surface area contributed by atoms with Gasteiger partial charge >= 0.3 is 5.97 Å². The smallest absolute Gasteiger partial charge is 0.309 e. The number of rotatable bonds is 5. The van der Waals surface area contributed by atoms with E-state index in [1.165, 1.54) is 0 Å². The van der Waals surface area contributed by atoms with Crippen LogP contribution in [0.5, 0.6) is 0 Å². The van der Waals surface area contributed by atoms with Gasteiger partial charge in [0.1, 0.15) is 0 Å². The van der Waals surface area contributed by atoms with Gasteiger partial charge in [-0.15, -0.1) is 0 Å². The fourth-order valence-electron chi connectivity index (χ4n) is 2.89. The van der Waals surface area contributed by atoms with Crippen molar-refractivity contribution >= 4 is 17.6 Å². The molecule has 1 unspecified atom stereocenters. The van der Waals surface area contributed by atoms with Gasteiger partial charge in [-0.3, -0.25) is 9.59 Å². The lowest BCUT2D eigenvalue weighted by Crippen LogP contribution is -2.41. The van der Waals surface area contributed by atoms with Crippen LogP contribution in [0, 0.1) is 11.3 Å². The summed E-state index contributed by atoms with van der Waals surface area (Å²) in [6, 6.07) is 7.91. The molecule has 1 atom stereocenters. The maximum atomic E-state index is 11.4. The van der Waals surface area contributed by atoms with E-state index in [-0.39, 0.29) is 11.8 Å². The number of carboxylic acids is 1. The monoisotopic (exact) mass is 304 g/mol. The van der Waals surface area contributed by atoms with Crippen LogP contribution in [0.1, 0.15) is 32.3 Å². The number of primary amides is 1. The van der Waals surface area contributed by atoms with Crippen molar-refractivity contribution in [1.82, 2.24) is 0 Å². The number of anilines is 1. The molecule has 2 rings (SSSR count). The lowest BCUT2D eigenvalue weighted by molar-refractivity contribution is -0.146. The van der Waals surface area contributed by atoms with Crippen LogP contribution in [-0.4, -0.2) is 30.1 Å². The molecule has 0 bridgehead atoms. The number of amides is 1. The Morgan fingerprint density at radius 3 is 2.77 bits per heavy atom. The van der Waals surface area contributed by atoms with Gasteiger partial charge in [-0.25, -0.2) is 0 Å². The zero-order valence-electron chi connectivity index (χ0n) is 13.2. The average Bonchev–Trinajstić information content (AvgIpc) is 2.47. The van der Waals surface area contributed by atoms with Crippen LogP contribution in [-0.2, 0) is 16.0 Å². The fourth-order valence-corrected chi connectivity index (χ4v) is 2.89. The second kappa shape index (κ2) is 6.38. The predicted octanol–water partition coefficient (Wildman–Crippen LogP) is 2.04. The molecule has 3 N–H and O–H groups in total. The van der Waals surface area contributed by atoms with Crippen molar-refractivity contribution in [3.63, 3.8) is 0 Å². The van der Waals surface area contributed by atoms with Crippen molar-refractivity contribution in [3.05, 3.63) is 29.8 Å². The van der Waals surface area contributed by atoms with Crippen molar-refractivity contribution in [2.45, 2.75) is 33.1 Å². The Morgan fingerprint density at radius 1 is 1.41 bits per heavy atom. The van der Waals surface area contributed by atoms with Crippen LogP contribution in [0.25, 0.3) is 0 Å². The van der Waals surface area contributed by atoms with Gasteiger partial charge in [0.25, 0.3) is 0 Å². The van der Waals surface area contributed by atoms with Crippen LogP contribution in [0.3, 0.4) is 0 Å². The molecule has 5 heteroatoms. The zero-order valence-corrected chi connectivity index (χ0v) is 13.2. The summed E-state index contributed by atoms with van der Waals surface area (Å²) in [5.41, 5.74) is 6.65. The van der Waals surface area contributed by atoms with Gasteiger partial charge in [0.2, 0.25) is 5.91 Å². The van der Waals surface area contributed by atoms with E-state index < -0.39 is 11.4 Å². The van der Waals surface area contributed by atoms with Gasteiger partial charge in [0, 0.05) is 18.8 Å². The third-order valence-corrected chi connectivity index (χ3v) is 4.32. The largest absolute Gasteiger partial charge is 0.481 e. The molecule has 0 saturated carbocycles. The Labute approximate surface area is 131 Å². The van der Waals surface area contributed by atoms with E-state index in [9.17, 15) is 14.7 Å². The highest BCUT2D eigenvalue weighted by Gasteiger charge is 2.28. The summed E-state index contributed by atoms with van der Waals surface area (Å²) in [7, 11) is 0. The van der Waals surface area contributed by atoms with Gasteiger partial charge in [-0.2, -0.15) is 0 Å². The van der Waals surface area contributed by atoms with Gasteiger partial charge < -0.3 is 15.7 Å². The van der Waals surface area contributed by atoms with Crippen molar-refractivity contribution in [1.29, 1.82) is 0 Å². The number of hydrogen-bond donors (Lipinski definition) is 2. The first kappa shape index (κ1) is 16.3. The van der Waals surface area contributed by atoms with Gasteiger partial charge in [-0.1, -0.05) is 12.1 Å². The molecule has 120 valence electrons. The molecule has 1 aliphatic rings. The molecule has 1 aromatic carbocycles. The first-order valence-electron chi connectivity index (χ1n) is 7.66. The SMILES string of the molecule is CC(C)(Cc1cccc(N2CCCC(C(N)=O)C2)c1)C(=O)O. The third-order valence-electron chi connectivity index (χ3n) is 4.32. The lowest BCUT2D eigenvalue weighted by atomic mass is 9.86. The van der Waals surface area contributed by atoms with Crippen molar-refractivity contribution < 1.29 is 14.7 Å². The molecule has 0 aliphatic carbocycles. The van der Waals surface area contributed by atoms with Crippen molar-refractivity contribution in [2.75, 3.05) is 18.0 Å². The highest BCUT2D eigenvalue weighted by atomic mass is 16.4. The first-order valence-corrected chi connectivity index (χ1v) is 7.66. The highest BCUT2D eigenvalue weighted by molar-refractivity contribution is 5.77. The molecule has 1 saturated heterocycles. The minimum absolute atomic E-state index is 0.104. The number of carbonyl (C=O) groups excluding carboxylic acids is 1. The number of carbonyl (C=O) groups is 2. The normalized spacial score (nSPS) is 19.0. The molecule has 0 radical (unpaired) electrons. The van der Waals surface area contributed by atoms with E-state index in [1.54, 1.807) is 13.8 Å². The molecule has 22 heavy (non-hydrogen) atoms. The van der Waals surface area contributed by atoms with E-state index in [4.69, 9.17) is 5.73 Å². The molecule has 1 amide bonds. The topological polar surface area (TPSA) is 83.6 Å². The molecule has 1 aromatic rings. The van der Waals surface area contributed by atoms with E-state index in [0.717, 1.165) is 30.6 Å². The van der Waals surface area contributed by atoms with Crippen LogP contribution >= 0.6 is 0 Å². The average molecular weight is 304 g/mol. The number of nitrogens with two attached hydrogens (primary N) is 1. The van der Waals surface area contributed by atoms with Crippen LogP contribution in [0.4, 0.5) is 5.69 Å². The summed E-state index contributed by atoms with van der Waals surface area (Å²) in [6.45, 7) is 4.99. The summed E-state index contributed by atoms with van der Waals surface area (Å²) >= 11 is 0. The summed E-state index contributed by atoms with van der Waals surface area (Å²) in [5, 5.41) is 9.25. The fraction of sp³-hybridized carbons (Fsp3) is 0.529. The van der Waals surface area contributed by atoms with Gasteiger partial charge in [0.05, 0.1) is 11.3 Å². The molecule has 1 heterocycles. The molecule has 0 spiro atoms. The zero-order chi connectivity index (χ0) is 16.3. The van der Waals surface area contributed by atoms with Gasteiger partial charge in [0.15, 0.2) is 0 Å². The quantitative estimate of drug-likeness (QED) is 0.872. The third kappa shape index (κ3) is 3.78. The molecule has 1 aliphatic heterocycles. The summed E-state index contributed by atoms with van der Waals surface area (Å²) < 4.78 is 0. The summed E-state index contributed by atoms with van der Waals surface area (Å²) in [6.07, 6.45) is 2.26. The number of carboxylic acid groups (broad SMARTS) is 1. The molecule has 5 nitrogen and oxygen atoms in total. The Hall–Kier alpha value is -2.04. The maximum Gasteiger partial charge on any atom is 0.309 e. The minimum Gasteiger partial charge on any atom is -0.481 e. The molecular formula is C17H24N2O3. The molecule has 1 fully saturated rings. The van der Waals surface area contributed by atoms with E-state index in [1.807, 2.05) is 24.3 Å². The van der Waals surface area contributed by atoms with Gasteiger partial charge in [-0.05, 0) is 50.8 Å². The Bertz CT molecular complexity index is 569. The van der Waals surface area contributed by atoms with Crippen molar-refractivity contribution in [2.24, 2.45) is 17.1 Å². The maximum absolute atomic E-state index is 11.4. The lowest BCUT2D eigenvalue weighted by Gasteiger charge is -2.33. The second-order valence-corrected chi connectivity index (χ2v) is 6.72. The van der Waals surface area contributed by atoms with E-state index in [0.29, 0.717) is 13.0 Å². The number of piperidine rings is 1. The number of aliphatic carboxylic acids is 1. The van der Waals surface area contributed by atoms with Crippen LogP contribution < -0.4 is 10.6 Å². The Morgan fingerprint density at radius 2 is 2.14 bits per heavy atom. The van der Waals surface area contributed by atoms with Crippen LogP contribution in [0.2, 0.25) is 0 Å². The van der Waals surface area contributed by atoms with Crippen LogP contribution in [0.15, 0.2) is 24.3 Å². The Balaban J connectivity index is 2.14. The number of benzene rings is 1. The first-order chi connectivity index (χ1) is 10.3. The van der Waals surface area contributed by atoms with E-state index in [2.05, 4.69) is 4.90 Å². The molecular weight excluding hydrogens is 280 g/mol. The highest BCUT2D eigenvalue weighted by Crippen LogP contribution is 2.27. The standard InChI is InChI=1S/C17H24N2O3/c1-17(2,16(21)22)10-12-5-3-7-14(9-12)19-8-4-6-13(11-19)15(18)20/h3,5,7,9,13H,4,6,8,10-11H2,1-2H3,(H2,18,20)(H,21,22). The van der Waals surface area contributed by atoms with E-state index >= 15 is 0 Å². The predicted molar refractivity (Wildman–Crippen MR) is 85.7 cm³/mol. The second-order valence-electron chi connectivity index (χ2n) is 6.72. The Kier molecular flexibility index (Phi) is 4.74. The number of nitrogens with zero attached hydrogens (tertiary/aromatic N) is 1. The summed E-state index contributed by atoms with van der Waals surface area (Å²) in [4.78, 5) is 24.8. The number of hydrogen-bond acceptors (Lipinski definition) is 3. The summed E-state index contributed by atoms with van der Waals surface area (Å²) in [5.74, 6) is -1.15.